The second-order valence-electron chi connectivity index (χ2n) is 5.71. The first kappa shape index (κ1) is 16.4. The summed E-state index contributed by atoms with van der Waals surface area (Å²) < 4.78 is 0. The zero-order valence-corrected chi connectivity index (χ0v) is 12.4. The lowest BCUT2D eigenvalue weighted by molar-refractivity contribution is -0.131. The number of aliphatic carboxylic acids is 1. The first-order valence-corrected chi connectivity index (χ1v) is 6.69. The Morgan fingerprint density at radius 2 is 2.10 bits per heavy atom. The van der Waals surface area contributed by atoms with E-state index in [0.717, 1.165) is 6.08 Å². The molecule has 1 aliphatic carbocycles. The van der Waals surface area contributed by atoms with Crippen molar-refractivity contribution in [2.45, 2.75) is 46.1 Å². The quantitative estimate of drug-likeness (QED) is 0.612. The van der Waals surface area contributed by atoms with E-state index in [1.807, 2.05) is 13.8 Å². The van der Waals surface area contributed by atoms with Gasteiger partial charge < -0.3 is 10.2 Å². The molecule has 0 aromatic heterocycles. The van der Waals surface area contributed by atoms with Crippen molar-refractivity contribution in [1.82, 2.24) is 0 Å². The molecule has 1 rings (SSSR count). The molecule has 0 aromatic carbocycles. The average Bonchev–Trinajstić information content (AvgIpc) is 2.33. The van der Waals surface area contributed by atoms with Crippen LogP contribution in [0.2, 0.25) is 0 Å². The molecule has 0 bridgehead atoms. The summed E-state index contributed by atoms with van der Waals surface area (Å²) in [5, 5.41) is 19.7. The van der Waals surface area contributed by atoms with Crippen LogP contribution in [0.3, 0.4) is 0 Å². The molecule has 20 heavy (non-hydrogen) atoms. The standard InChI is InChI=1S/C16H22O4/c1-5-15(4)10-13(17)9-12(3)16(15,20)7-6-11(2)8-14(18)19/h6-9,20H,5,10H2,1-4H3,(H,18,19)/b7-6+,11-8-/t15-,16-/m1/s1. The van der Waals surface area contributed by atoms with Crippen molar-refractivity contribution >= 4 is 11.8 Å². The fourth-order valence-corrected chi connectivity index (χ4v) is 2.62. The fourth-order valence-electron chi connectivity index (χ4n) is 2.62. The largest absolute Gasteiger partial charge is 0.478 e. The molecule has 0 unspecified atom stereocenters. The maximum atomic E-state index is 11.7. The number of carbonyl (C=O) groups excluding carboxylic acids is 1. The van der Waals surface area contributed by atoms with Gasteiger partial charge in [0.1, 0.15) is 5.60 Å². The highest BCUT2D eigenvalue weighted by Crippen LogP contribution is 2.46. The number of carboxylic acid groups (broad SMARTS) is 1. The van der Waals surface area contributed by atoms with E-state index in [4.69, 9.17) is 5.11 Å². The fraction of sp³-hybridized carbons (Fsp3) is 0.500. The molecule has 0 amide bonds. The van der Waals surface area contributed by atoms with Gasteiger partial charge in [-0.25, -0.2) is 4.79 Å². The second kappa shape index (κ2) is 5.75. The number of hydrogen-bond donors (Lipinski definition) is 2. The summed E-state index contributed by atoms with van der Waals surface area (Å²) in [7, 11) is 0. The second-order valence-corrected chi connectivity index (χ2v) is 5.71. The molecule has 2 N–H and O–H groups in total. The topological polar surface area (TPSA) is 74.6 Å². The minimum atomic E-state index is -1.23. The highest BCUT2D eigenvalue weighted by molar-refractivity contribution is 5.92. The molecule has 0 saturated carbocycles. The van der Waals surface area contributed by atoms with E-state index in [2.05, 4.69) is 0 Å². The van der Waals surface area contributed by atoms with Crippen LogP contribution in [0.5, 0.6) is 0 Å². The lowest BCUT2D eigenvalue weighted by Gasteiger charge is -2.46. The first-order chi connectivity index (χ1) is 9.14. The van der Waals surface area contributed by atoms with E-state index in [-0.39, 0.29) is 12.2 Å². The maximum absolute atomic E-state index is 11.7. The Bertz CT molecular complexity index is 513. The van der Waals surface area contributed by atoms with Crippen LogP contribution in [0.1, 0.15) is 40.5 Å². The summed E-state index contributed by atoms with van der Waals surface area (Å²) in [4.78, 5) is 22.3. The number of aliphatic hydroxyl groups is 1. The molecule has 0 saturated heterocycles. The Labute approximate surface area is 119 Å². The van der Waals surface area contributed by atoms with Gasteiger partial charge >= 0.3 is 5.97 Å². The summed E-state index contributed by atoms with van der Waals surface area (Å²) >= 11 is 0. The van der Waals surface area contributed by atoms with Crippen LogP contribution in [0.4, 0.5) is 0 Å². The van der Waals surface area contributed by atoms with Crippen LogP contribution < -0.4 is 0 Å². The van der Waals surface area contributed by atoms with Crippen LogP contribution in [-0.4, -0.2) is 27.6 Å². The number of allylic oxidation sites excluding steroid dienone is 3. The highest BCUT2D eigenvalue weighted by Gasteiger charge is 2.48. The molecular formula is C16H22O4. The first-order valence-electron chi connectivity index (χ1n) is 6.69. The van der Waals surface area contributed by atoms with Gasteiger partial charge in [-0.2, -0.15) is 0 Å². The summed E-state index contributed by atoms with van der Waals surface area (Å²) in [6.07, 6.45) is 6.67. The van der Waals surface area contributed by atoms with E-state index in [1.54, 1.807) is 26.0 Å². The van der Waals surface area contributed by atoms with Crippen molar-refractivity contribution in [2.24, 2.45) is 5.41 Å². The summed E-state index contributed by atoms with van der Waals surface area (Å²) in [5.41, 5.74) is -0.682. The molecule has 0 aromatic rings. The normalized spacial score (nSPS) is 31.6. The number of rotatable bonds is 4. The molecule has 0 spiro atoms. The minimum Gasteiger partial charge on any atom is -0.478 e. The van der Waals surface area contributed by atoms with Crippen LogP contribution in [0, 0.1) is 5.41 Å². The summed E-state index contributed by atoms with van der Waals surface area (Å²) in [6.45, 7) is 7.20. The van der Waals surface area contributed by atoms with Crippen molar-refractivity contribution in [3.8, 4) is 0 Å². The number of ketones is 1. The number of carbonyl (C=O) groups is 2. The minimum absolute atomic E-state index is 0.0164. The zero-order chi connectivity index (χ0) is 15.6. The molecular weight excluding hydrogens is 256 g/mol. The van der Waals surface area contributed by atoms with Gasteiger partial charge in [-0.05, 0) is 43.6 Å². The Morgan fingerprint density at radius 3 is 2.60 bits per heavy atom. The molecule has 0 heterocycles. The van der Waals surface area contributed by atoms with Gasteiger partial charge in [0.15, 0.2) is 5.78 Å². The predicted octanol–water partition coefficient (Wildman–Crippen LogP) is 2.64. The van der Waals surface area contributed by atoms with E-state index in [1.165, 1.54) is 6.08 Å². The molecule has 2 atom stereocenters. The third-order valence-corrected chi connectivity index (χ3v) is 4.18. The van der Waals surface area contributed by atoms with E-state index >= 15 is 0 Å². The van der Waals surface area contributed by atoms with Gasteiger partial charge in [0.2, 0.25) is 0 Å². The van der Waals surface area contributed by atoms with Crippen molar-refractivity contribution in [3.05, 3.63) is 35.5 Å². The Morgan fingerprint density at radius 1 is 1.50 bits per heavy atom. The van der Waals surface area contributed by atoms with Crippen molar-refractivity contribution < 1.29 is 19.8 Å². The smallest absolute Gasteiger partial charge is 0.328 e. The van der Waals surface area contributed by atoms with Crippen LogP contribution >= 0.6 is 0 Å². The average molecular weight is 278 g/mol. The third kappa shape index (κ3) is 3.07. The van der Waals surface area contributed by atoms with E-state index in [0.29, 0.717) is 17.6 Å². The zero-order valence-electron chi connectivity index (χ0n) is 12.4. The van der Waals surface area contributed by atoms with Gasteiger partial charge in [0.25, 0.3) is 0 Å². The lowest BCUT2D eigenvalue weighted by Crippen LogP contribution is -2.49. The van der Waals surface area contributed by atoms with Crippen LogP contribution in [-0.2, 0) is 9.59 Å². The summed E-state index contributed by atoms with van der Waals surface area (Å²) in [6, 6.07) is 0. The van der Waals surface area contributed by atoms with Gasteiger partial charge in [-0.1, -0.05) is 19.9 Å². The van der Waals surface area contributed by atoms with Gasteiger partial charge in [-0.15, -0.1) is 0 Å². The van der Waals surface area contributed by atoms with E-state index in [9.17, 15) is 14.7 Å². The lowest BCUT2D eigenvalue weighted by atomic mass is 9.62. The number of hydrogen-bond acceptors (Lipinski definition) is 3. The summed E-state index contributed by atoms with van der Waals surface area (Å²) in [5.74, 6) is -1.01. The highest BCUT2D eigenvalue weighted by atomic mass is 16.4. The monoisotopic (exact) mass is 278 g/mol. The SMILES string of the molecule is CC[C@]1(C)CC(=O)C=C(C)[C@]1(O)/C=C/C(C)=C\C(=O)O. The van der Waals surface area contributed by atoms with Gasteiger partial charge in [0.05, 0.1) is 0 Å². The van der Waals surface area contributed by atoms with Gasteiger partial charge in [0, 0.05) is 17.9 Å². The molecule has 4 heteroatoms. The molecule has 110 valence electrons. The predicted molar refractivity (Wildman–Crippen MR) is 77.3 cm³/mol. The molecule has 0 radical (unpaired) electrons. The Kier molecular flexibility index (Phi) is 4.71. The Hall–Kier alpha value is -1.68. The van der Waals surface area contributed by atoms with E-state index < -0.39 is 17.0 Å². The molecule has 1 aliphatic rings. The van der Waals surface area contributed by atoms with Crippen molar-refractivity contribution in [2.75, 3.05) is 0 Å². The molecule has 4 nitrogen and oxygen atoms in total. The van der Waals surface area contributed by atoms with Crippen molar-refractivity contribution in [1.29, 1.82) is 0 Å². The Balaban J connectivity index is 3.22. The van der Waals surface area contributed by atoms with Crippen LogP contribution in [0.25, 0.3) is 0 Å². The van der Waals surface area contributed by atoms with Crippen molar-refractivity contribution in [3.63, 3.8) is 0 Å². The number of carboxylic acids is 1. The third-order valence-electron chi connectivity index (χ3n) is 4.18. The molecule has 0 fully saturated rings. The molecule has 0 aliphatic heterocycles. The maximum Gasteiger partial charge on any atom is 0.328 e. The van der Waals surface area contributed by atoms with Crippen LogP contribution in [0.15, 0.2) is 35.5 Å². The van der Waals surface area contributed by atoms with Gasteiger partial charge in [-0.3, -0.25) is 4.79 Å².